The van der Waals surface area contributed by atoms with E-state index in [0.717, 1.165) is 30.5 Å². The molecular formula is C17H21N3O3. The number of hydrogen-bond acceptors (Lipinski definition) is 3. The molecule has 1 amide bonds. The van der Waals surface area contributed by atoms with Crippen LogP contribution in [0.5, 0.6) is 0 Å². The zero-order valence-electron chi connectivity index (χ0n) is 13.2. The van der Waals surface area contributed by atoms with Crippen molar-refractivity contribution in [2.75, 3.05) is 13.7 Å². The van der Waals surface area contributed by atoms with Crippen molar-refractivity contribution in [3.8, 4) is 0 Å². The van der Waals surface area contributed by atoms with Crippen molar-refractivity contribution in [3.63, 3.8) is 0 Å². The molecule has 6 nitrogen and oxygen atoms in total. The molecule has 0 fully saturated rings. The highest BCUT2D eigenvalue weighted by atomic mass is 16.5. The molecule has 2 N–H and O–H groups in total. The van der Waals surface area contributed by atoms with Crippen LogP contribution in [-0.4, -0.2) is 35.2 Å². The van der Waals surface area contributed by atoms with Crippen molar-refractivity contribution >= 4 is 5.91 Å². The lowest BCUT2D eigenvalue weighted by atomic mass is 9.91. The van der Waals surface area contributed by atoms with Gasteiger partial charge in [0.05, 0.1) is 12.2 Å². The van der Waals surface area contributed by atoms with Crippen LogP contribution in [0.4, 0.5) is 0 Å². The van der Waals surface area contributed by atoms with Crippen molar-refractivity contribution in [1.29, 1.82) is 0 Å². The molecule has 6 heteroatoms. The molecule has 1 atom stereocenters. The van der Waals surface area contributed by atoms with E-state index in [-0.39, 0.29) is 17.5 Å². The second kappa shape index (κ2) is 6.83. The summed E-state index contributed by atoms with van der Waals surface area (Å²) in [6.07, 6.45) is 5.79. The second-order valence-corrected chi connectivity index (χ2v) is 5.80. The van der Waals surface area contributed by atoms with E-state index in [2.05, 4.69) is 10.3 Å². The summed E-state index contributed by atoms with van der Waals surface area (Å²) in [7, 11) is 1.63. The summed E-state index contributed by atoms with van der Waals surface area (Å²) in [5.41, 5.74) is 2.85. The fraction of sp³-hybridized carbons (Fsp3) is 0.412. The number of carbonyl (C=O) groups excluding carboxylic acids is 1. The first-order valence-electron chi connectivity index (χ1n) is 7.83. The van der Waals surface area contributed by atoms with Gasteiger partial charge in [-0.2, -0.15) is 0 Å². The number of aromatic nitrogens is 2. The van der Waals surface area contributed by atoms with Gasteiger partial charge >= 0.3 is 0 Å². The summed E-state index contributed by atoms with van der Waals surface area (Å²) in [5, 5.41) is 3.07. The third-order valence-corrected chi connectivity index (χ3v) is 4.30. The van der Waals surface area contributed by atoms with E-state index in [9.17, 15) is 9.59 Å². The van der Waals surface area contributed by atoms with Gasteiger partial charge in [-0.25, -0.2) is 0 Å². The maximum Gasteiger partial charge on any atom is 0.253 e. The predicted octanol–water partition coefficient (Wildman–Crippen LogP) is 1.11. The fourth-order valence-corrected chi connectivity index (χ4v) is 3.11. The van der Waals surface area contributed by atoms with Gasteiger partial charge in [0.25, 0.3) is 11.5 Å². The van der Waals surface area contributed by atoms with Gasteiger partial charge in [-0.3, -0.25) is 9.59 Å². The number of aromatic amines is 1. The van der Waals surface area contributed by atoms with Gasteiger partial charge in [-0.05, 0) is 30.9 Å². The summed E-state index contributed by atoms with van der Waals surface area (Å²) in [5.74, 6) is -0.0626. The molecule has 2 aromatic rings. The van der Waals surface area contributed by atoms with Crippen molar-refractivity contribution in [1.82, 2.24) is 14.9 Å². The third-order valence-electron chi connectivity index (χ3n) is 4.30. The molecule has 2 heterocycles. The molecule has 122 valence electrons. The summed E-state index contributed by atoms with van der Waals surface area (Å²) in [6, 6.07) is 5.34. The van der Waals surface area contributed by atoms with Crippen LogP contribution in [0.2, 0.25) is 0 Å². The topological polar surface area (TPSA) is 76.1 Å². The zero-order chi connectivity index (χ0) is 16.2. The van der Waals surface area contributed by atoms with E-state index in [1.165, 1.54) is 0 Å². The highest BCUT2D eigenvalue weighted by Crippen LogP contribution is 2.20. The van der Waals surface area contributed by atoms with Gasteiger partial charge < -0.3 is 19.6 Å². The van der Waals surface area contributed by atoms with Crippen LogP contribution in [0.1, 0.15) is 28.0 Å². The normalized spacial score (nSPS) is 16.8. The largest absolute Gasteiger partial charge is 0.383 e. The predicted molar refractivity (Wildman–Crippen MR) is 86.6 cm³/mol. The molecule has 0 aromatic carbocycles. The Morgan fingerprint density at radius 1 is 1.43 bits per heavy atom. The number of carbonyl (C=O) groups is 1. The van der Waals surface area contributed by atoms with Gasteiger partial charge in [0.2, 0.25) is 0 Å². The maximum atomic E-state index is 12.1. The van der Waals surface area contributed by atoms with Crippen molar-refractivity contribution in [2.45, 2.75) is 31.8 Å². The lowest BCUT2D eigenvalue weighted by molar-refractivity contribution is 0.0933. The summed E-state index contributed by atoms with van der Waals surface area (Å²) in [6.45, 7) is 1.09. The molecule has 0 saturated heterocycles. The molecular weight excluding hydrogens is 294 g/mol. The SMILES string of the molecule is COCCn1c2c(ccc1=O)CC(NC(=O)c1cc[nH]c1)CC2. The minimum absolute atomic E-state index is 0.00982. The Morgan fingerprint density at radius 2 is 2.30 bits per heavy atom. The number of nitrogens with zero attached hydrogens (tertiary/aromatic N) is 1. The summed E-state index contributed by atoms with van der Waals surface area (Å²) in [4.78, 5) is 27.1. The molecule has 0 aliphatic heterocycles. The summed E-state index contributed by atoms with van der Waals surface area (Å²) < 4.78 is 6.88. The minimum Gasteiger partial charge on any atom is -0.383 e. The number of rotatable bonds is 5. The van der Waals surface area contributed by atoms with Crippen LogP contribution in [0.15, 0.2) is 35.4 Å². The molecule has 1 unspecified atom stereocenters. The Kier molecular flexibility index (Phi) is 4.62. The number of fused-ring (bicyclic) bond motifs is 1. The summed E-state index contributed by atoms with van der Waals surface area (Å²) >= 11 is 0. The fourth-order valence-electron chi connectivity index (χ4n) is 3.11. The highest BCUT2D eigenvalue weighted by molar-refractivity contribution is 5.94. The number of pyridine rings is 1. The van der Waals surface area contributed by atoms with Crippen molar-refractivity contribution in [2.24, 2.45) is 0 Å². The standard InChI is InChI=1S/C17H21N3O3/c1-23-9-8-20-15-4-3-14(10-12(15)2-5-16(20)21)19-17(22)13-6-7-18-11-13/h2,5-7,11,14,18H,3-4,8-10H2,1H3,(H,19,22). The van der Waals surface area contributed by atoms with Gasteiger partial charge in [-0.15, -0.1) is 0 Å². The van der Waals surface area contributed by atoms with Gasteiger partial charge in [-0.1, -0.05) is 6.07 Å². The van der Waals surface area contributed by atoms with E-state index in [1.54, 1.807) is 36.2 Å². The number of hydrogen-bond donors (Lipinski definition) is 2. The molecule has 3 rings (SSSR count). The first-order valence-corrected chi connectivity index (χ1v) is 7.83. The monoisotopic (exact) mass is 315 g/mol. The van der Waals surface area contributed by atoms with Gasteiger partial charge in [0, 0.05) is 43.9 Å². The quantitative estimate of drug-likeness (QED) is 0.868. The van der Waals surface area contributed by atoms with Gasteiger partial charge in [0.15, 0.2) is 0 Å². The molecule has 1 aliphatic carbocycles. The van der Waals surface area contributed by atoms with Crippen LogP contribution in [-0.2, 0) is 24.1 Å². The average Bonchev–Trinajstić information content (AvgIpc) is 3.09. The number of ether oxygens (including phenoxy) is 1. The highest BCUT2D eigenvalue weighted by Gasteiger charge is 2.23. The van der Waals surface area contributed by atoms with E-state index < -0.39 is 0 Å². The first-order chi connectivity index (χ1) is 11.2. The Bertz CT molecular complexity index is 734. The van der Waals surface area contributed by atoms with Crippen molar-refractivity contribution in [3.05, 3.63) is 57.8 Å². The molecule has 0 spiro atoms. The van der Waals surface area contributed by atoms with E-state index in [1.807, 2.05) is 6.07 Å². The van der Waals surface area contributed by atoms with Crippen LogP contribution in [0, 0.1) is 0 Å². The van der Waals surface area contributed by atoms with E-state index in [4.69, 9.17) is 4.74 Å². The lowest BCUT2D eigenvalue weighted by Crippen LogP contribution is -2.40. The molecule has 0 radical (unpaired) electrons. The zero-order valence-corrected chi connectivity index (χ0v) is 13.2. The Morgan fingerprint density at radius 3 is 3.04 bits per heavy atom. The minimum atomic E-state index is -0.0626. The van der Waals surface area contributed by atoms with Crippen LogP contribution in [0.25, 0.3) is 0 Å². The first kappa shape index (κ1) is 15.6. The Labute approximate surface area is 134 Å². The van der Waals surface area contributed by atoms with E-state index in [0.29, 0.717) is 18.7 Å². The molecule has 2 aromatic heterocycles. The molecule has 1 aliphatic rings. The Balaban J connectivity index is 1.74. The smallest absolute Gasteiger partial charge is 0.253 e. The van der Waals surface area contributed by atoms with Gasteiger partial charge in [0.1, 0.15) is 0 Å². The van der Waals surface area contributed by atoms with Crippen LogP contribution >= 0.6 is 0 Å². The number of H-pyrrole nitrogens is 1. The average molecular weight is 315 g/mol. The van der Waals surface area contributed by atoms with Crippen molar-refractivity contribution < 1.29 is 9.53 Å². The molecule has 0 bridgehead atoms. The number of amides is 1. The Hall–Kier alpha value is -2.34. The van der Waals surface area contributed by atoms with Crippen LogP contribution in [0.3, 0.4) is 0 Å². The molecule has 23 heavy (non-hydrogen) atoms. The second-order valence-electron chi connectivity index (χ2n) is 5.80. The lowest BCUT2D eigenvalue weighted by Gasteiger charge is -2.27. The van der Waals surface area contributed by atoms with E-state index >= 15 is 0 Å². The molecule has 0 saturated carbocycles. The number of nitrogens with one attached hydrogen (secondary N) is 2. The maximum absolute atomic E-state index is 12.1. The third kappa shape index (κ3) is 3.37. The number of methoxy groups -OCH3 is 1. The van der Waals surface area contributed by atoms with Crippen LogP contribution < -0.4 is 10.9 Å².